The van der Waals surface area contributed by atoms with E-state index in [0.29, 0.717) is 5.92 Å². The molecule has 0 radical (unpaired) electrons. The number of nitrogens with zero attached hydrogens (tertiary/aromatic N) is 2. The SMILES string of the molecule is CC(C)CNCc1ccc(Br)cc1N1CCCN(C)CC1. The van der Waals surface area contributed by atoms with Crippen LogP contribution in [0.5, 0.6) is 0 Å². The lowest BCUT2D eigenvalue weighted by molar-refractivity contribution is 0.360. The third-order valence-corrected chi connectivity index (χ3v) is 4.47. The van der Waals surface area contributed by atoms with Crippen molar-refractivity contribution in [2.24, 2.45) is 5.92 Å². The molecule has 1 saturated heterocycles. The molecule has 1 heterocycles. The molecule has 1 aromatic rings. The van der Waals surface area contributed by atoms with Crippen molar-refractivity contribution in [3.05, 3.63) is 28.2 Å². The molecule has 21 heavy (non-hydrogen) atoms. The summed E-state index contributed by atoms with van der Waals surface area (Å²) in [5.74, 6) is 0.690. The molecule has 0 unspecified atom stereocenters. The zero-order chi connectivity index (χ0) is 15.2. The van der Waals surface area contributed by atoms with E-state index in [2.05, 4.69) is 70.1 Å². The summed E-state index contributed by atoms with van der Waals surface area (Å²) >= 11 is 3.63. The van der Waals surface area contributed by atoms with Crippen molar-refractivity contribution >= 4 is 21.6 Å². The van der Waals surface area contributed by atoms with Gasteiger partial charge in [0.25, 0.3) is 0 Å². The van der Waals surface area contributed by atoms with Crippen LogP contribution in [0.25, 0.3) is 0 Å². The lowest BCUT2D eigenvalue weighted by atomic mass is 10.1. The molecule has 0 spiro atoms. The zero-order valence-electron chi connectivity index (χ0n) is 13.5. The van der Waals surface area contributed by atoms with Gasteiger partial charge in [-0.15, -0.1) is 0 Å². The Morgan fingerprint density at radius 1 is 1.19 bits per heavy atom. The largest absolute Gasteiger partial charge is 0.370 e. The summed E-state index contributed by atoms with van der Waals surface area (Å²) in [7, 11) is 2.22. The summed E-state index contributed by atoms with van der Waals surface area (Å²) in [4.78, 5) is 4.97. The molecular formula is C17H28BrN3. The Hall–Kier alpha value is -0.580. The Bertz CT molecular complexity index is 448. The van der Waals surface area contributed by atoms with E-state index in [-0.39, 0.29) is 0 Å². The lowest BCUT2D eigenvalue weighted by Crippen LogP contribution is -2.30. The van der Waals surface area contributed by atoms with Crippen LogP contribution in [0.15, 0.2) is 22.7 Å². The van der Waals surface area contributed by atoms with E-state index in [0.717, 1.165) is 32.7 Å². The van der Waals surface area contributed by atoms with Crippen molar-refractivity contribution in [1.82, 2.24) is 10.2 Å². The highest BCUT2D eigenvalue weighted by Crippen LogP contribution is 2.26. The second-order valence-corrected chi connectivity index (χ2v) is 7.36. The number of anilines is 1. The zero-order valence-corrected chi connectivity index (χ0v) is 15.1. The fourth-order valence-corrected chi connectivity index (χ4v) is 3.11. The highest BCUT2D eigenvalue weighted by molar-refractivity contribution is 9.10. The fraction of sp³-hybridized carbons (Fsp3) is 0.647. The van der Waals surface area contributed by atoms with Crippen molar-refractivity contribution in [3.63, 3.8) is 0 Å². The van der Waals surface area contributed by atoms with Crippen LogP contribution in [0.2, 0.25) is 0 Å². The van der Waals surface area contributed by atoms with Crippen LogP contribution in [-0.4, -0.2) is 44.7 Å². The van der Waals surface area contributed by atoms with E-state index in [4.69, 9.17) is 0 Å². The summed E-state index contributed by atoms with van der Waals surface area (Å²) in [6.45, 7) is 11.1. The van der Waals surface area contributed by atoms with Gasteiger partial charge in [-0.1, -0.05) is 35.8 Å². The normalized spacial score (nSPS) is 17.3. The number of nitrogens with one attached hydrogen (secondary N) is 1. The molecule has 2 rings (SSSR count). The van der Waals surface area contributed by atoms with E-state index < -0.39 is 0 Å². The molecule has 0 aliphatic carbocycles. The number of hydrogen-bond acceptors (Lipinski definition) is 3. The molecular weight excluding hydrogens is 326 g/mol. The van der Waals surface area contributed by atoms with Gasteiger partial charge in [0.05, 0.1) is 0 Å². The Morgan fingerprint density at radius 2 is 2.00 bits per heavy atom. The molecule has 0 aromatic heterocycles. The van der Waals surface area contributed by atoms with Gasteiger partial charge in [-0.2, -0.15) is 0 Å². The molecule has 4 heteroatoms. The van der Waals surface area contributed by atoms with Gasteiger partial charge in [-0.25, -0.2) is 0 Å². The molecule has 1 aliphatic rings. The van der Waals surface area contributed by atoms with Crippen LogP contribution < -0.4 is 10.2 Å². The van der Waals surface area contributed by atoms with Crippen molar-refractivity contribution in [2.45, 2.75) is 26.8 Å². The van der Waals surface area contributed by atoms with Crippen molar-refractivity contribution < 1.29 is 0 Å². The van der Waals surface area contributed by atoms with E-state index in [1.54, 1.807) is 0 Å². The summed E-state index contributed by atoms with van der Waals surface area (Å²) < 4.78 is 1.17. The Labute approximate surface area is 137 Å². The maximum atomic E-state index is 3.63. The standard InChI is InChI=1S/C17H28BrN3/c1-14(2)12-19-13-15-5-6-16(18)11-17(15)21-8-4-7-20(3)9-10-21/h5-6,11,14,19H,4,7-10,12-13H2,1-3H3. The van der Waals surface area contributed by atoms with E-state index in [9.17, 15) is 0 Å². The summed E-state index contributed by atoms with van der Waals surface area (Å²) in [6.07, 6.45) is 1.24. The second-order valence-electron chi connectivity index (χ2n) is 6.44. The van der Waals surface area contributed by atoms with Crippen LogP contribution in [0.1, 0.15) is 25.8 Å². The van der Waals surface area contributed by atoms with Gasteiger partial charge < -0.3 is 15.1 Å². The second kappa shape index (κ2) is 8.16. The first kappa shape index (κ1) is 16.8. The molecule has 1 N–H and O–H groups in total. The van der Waals surface area contributed by atoms with Crippen LogP contribution in [-0.2, 0) is 6.54 Å². The minimum atomic E-state index is 0.690. The summed E-state index contributed by atoms with van der Waals surface area (Å²) in [5, 5.41) is 3.57. The molecule has 0 bridgehead atoms. The van der Waals surface area contributed by atoms with E-state index >= 15 is 0 Å². The lowest BCUT2D eigenvalue weighted by Gasteiger charge is -2.26. The maximum absolute atomic E-state index is 3.63. The van der Waals surface area contributed by atoms with Gasteiger partial charge in [-0.05, 0) is 50.2 Å². The Balaban J connectivity index is 2.10. The molecule has 0 atom stereocenters. The van der Waals surface area contributed by atoms with E-state index in [1.807, 2.05) is 0 Å². The van der Waals surface area contributed by atoms with Crippen LogP contribution in [0.4, 0.5) is 5.69 Å². The fourth-order valence-electron chi connectivity index (χ4n) is 2.76. The van der Waals surface area contributed by atoms with Crippen LogP contribution in [0.3, 0.4) is 0 Å². The first-order valence-corrected chi connectivity index (χ1v) is 8.78. The topological polar surface area (TPSA) is 18.5 Å². The first-order valence-electron chi connectivity index (χ1n) is 7.99. The van der Waals surface area contributed by atoms with Crippen molar-refractivity contribution in [2.75, 3.05) is 44.7 Å². The smallest absolute Gasteiger partial charge is 0.0423 e. The minimum absolute atomic E-state index is 0.690. The van der Waals surface area contributed by atoms with E-state index in [1.165, 1.54) is 28.7 Å². The molecule has 1 aliphatic heterocycles. The minimum Gasteiger partial charge on any atom is -0.370 e. The molecule has 0 amide bonds. The number of halogens is 1. The predicted octanol–water partition coefficient (Wildman–Crippen LogP) is 3.34. The molecule has 1 fully saturated rings. The first-order chi connectivity index (χ1) is 10.1. The van der Waals surface area contributed by atoms with Crippen molar-refractivity contribution in [1.29, 1.82) is 0 Å². The van der Waals surface area contributed by atoms with Gasteiger partial charge in [-0.3, -0.25) is 0 Å². The van der Waals surface area contributed by atoms with Crippen LogP contribution in [0, 0.1) is 5.92 Å². The Morgan fingerprint density at radius 3 is 2.76 bits per heavy atom. The van der Waals surface area contributed by atoms with Gasteiger partial charge >= 0.3 is 0 Å². The van der Waals surface area contributed by atoms with Gasteiger partial charge in [0.1, 0.15) is 0 Å². The average Bonchev–Trinajstić information content (AvgIpc) is 2.65. The monoisotopic (exact) mass is 353 g/mol. The number of benzene rings is 1. The Kier molecular flexibility index (Phi) is 6.52. The van der Waals surface area contributed by atoms with Crippen molar-refractivity contribution in [3.8, 4) is 0 Å². The maximum Gasteiger partial charge on any atom is 0.0423 e. The number of hydrogen-bond donors (Lipinski definition) is 1. The molecule has 118 valence electrons. The highest BCUT2D eigenvalue weighted by atomic mass is 79.9. The molecule has 0 saturated carbocycles. The van der Waals surface area contributed by atoms with Crippen LogP contribution >= 0.6 is 15.9 Å². The number of likely N-dealkylation sites (N-methyl/N-ethyl adjacent to an activating group) is 1. The van der Waals surface area contributed by atoms with Gasteiger partial charge in [0, 0.05) is 36.3 Å². The predicted molar refractivity (Wildman–Crippen MR) is 95.0 cm³/mol. The van der Waals surface area contributed by atoms with Gasteiger partial charge in [0.2, 0.25) is 0 Å². The highest BCUT2D eigenvalue weighted by Gasteiger charge is 2.15. The molecule has 1 aromatic carbocycles. The molecule has 3 nitrogen and oxygen atoms in total. The average molecular weight is 354 g/mol. The third kappa shape index (κ3) is 5.28. The quantitative estimate of drug-likeness (QED) is 0.875. The summed E-state index contributed by atoms with van der Waals surface area (Å²) in [6, 6.07) is 6.68. The summed E-state index contributed by atoms with van der Waals surface area (Å²) in [5.41, 5.74) is 2.79. The third-order valence-electron chi connectivity index (χ3n) is 3.98. The number of rotatable bonds is 5. The van der Waals surface area contributed by atoms with Gasteiger partial charge in [0.15, 0.2) is 0 Å².